The number of rotatable bonds is 9. The molecule has 0 unspecified atom stereocenters. The second-order valence-corrected chi connectivity index (χ2v) is 7.52. The van der Waals surface area contributed by atoms with Crippen LogP contribution in [0.3, 0.4) is 0 Å². The van der Waals surface area contributed by atoms with E-state index in [1.165, 1.54) is 0 Å². The standard InChI is InChI=1S/C21H33N5O3.HI/c1-7-27-16-10-9-15(13-17(16)28-8-2)11-12-23-20(22-6)24-14-18-25-19(29-26-18)21(3,4)5;/h9-10,13H,7-8,11-12,14H2,1-6H3,(H2,22,23,24);1H. The summed E-state index contributed by atoms with van der Waals surface area (Å²) in [5.74, 6) is 3.46. The van der Waals surface area contributed by atoms with E-state index >= 15 is 0 Å². The van der Waals surface area contributed by atoms with Gasteiger partial charge in [0.25, 0.3) is 0 Å². The number of aromatic nitrogens is 2. The predicted molar refractivity (Wildman–Crippen MR) is 129 cm³/mol. The van der Waals surface area contributed by atoms with Gasteiger partial charge in [-0.05, 0) is 38.0 Å². The van der Waals surface area contributed by atoms with Crippen LogP contribution in [-0.4, -0.2) is 42.9 Å². The molecule has 0 radical (unpaired) electrons. The molecule has 1 aromatic carbocycles. The lowest BCUT2D eigenvalue weighted by atomic mass is 9.97. The molecule has 0 aliphatic heterocycles. The van der Waals surface area contributed by atoms with Gasteiger partial charge in [0, 0.05) is 19.0 Å². The van der Waals surface area contributed by atoms with Gasteiger partial charge in [0.1, 0.15) is 0 Å². The first-order valence-corrected chi connectivity index (χ1v) is 10.0. The van der Waals surface area contributed by atoms with Gasteiger partial charge in [-0.2, -0.15) is 4.98 Å². The van der Waals surface area contributed by atoms with E-state index < -0.39 is 0 Å². The van der Waals surface area contributed by atoms with E-state index in [1.807, 2.05) is 46.8 Å². The number of ether oxygens (including phenoxy) is 2. The van der Waals surface area contributed by atoms with Crippen molar-refractivity contribution in [2.24, 2.45) is 4.99 Å². The molecule has 0 aliphatic carbocycles. The highest BCUT2D eigenvalue weighted by molar-refractivity contribution is 14.0. The minimum atomic E-state index is -0.163. The number of benzene rings is 1. The molecule has 0 saturated heterocycles. The molecule has 9 heteroatoms. The van der Waals surface area contributed by atoms with Crippen molar-refractivity contribution in [1.82, 2.24) is 20.8 Å². The van der Waals surface area contributed by atoms with Crippen molar-refractivity contribution >= 4 is 29.9 Å². The maximum atomic E-state index is 5.69. The Morgan fingerprint density at radius 2 is 1.80 bits per heavy atom. The number of nitrogens with one attached hydrogen (secondary N) is 2. The lowest BCUT2D eigenvalue weighted by Crippen LogP contribution is -2.38. The first kappa shape index (κ1) is 26.0. The number of hydrogen-bond acceptors (Lipinski definition) is 6. The quantitative estimate of drug-likeness (QED) is 0.290. The summed E-state index contributed by atoms with van der Waals surface area (Å²) in [6, 6.07) is 6.04. The molecular weight excluding hydrogens is 497 g/mol. The SMILES string of the molecule is CCOc1ccc(CCNC(=NC)NCc2noc(C(C)(C)C)n2)cc1OCC.I. The Kier molecular flexibility index (Phi) is 10.9. The normalized spacial score (nSPS) is 11.6. The number of nitrogens with zero attached hydrogens (tertiary/aromatic N) is 3. The zero-order valence-electron chi connectivity index (χ0n) is 18.7. The summed E-state index contributed by atoms with van der Waals surface area (Å²) in [6.45, 7) is 12.4. The van der Waals surface area contributed by atoms with Gasteiger partial charge < -0.3 is 24.6 Å². The highest BCUT2D eigenvalue weighted by Crippen LogP contribution is 2.28. The van der Waals surface area contributed by atoms with Crippen LogP contribution in [-0.2, 0) is 18.4 Å². The van der Waals surface area contributed by atoms with E-state index in [9.17, 15) is 0 Å². The van der Waals surface area contributed by atoms with Gasteiger partial charge in [-0.25, -0.2) is 0 Å². The van der Waals surface area contributed by atoms with Crippen LogP contribution in [0.1, 0.15) is 51.9 Å². The number of hydrogen-bond donors (Lipinski definition) is 2. The first-order chi connectivity index (χ1) is 13.9. The molecule has 0 spiro atoms. The molecule has 2 N–H and O–H groups in total. The fourth-order valence-electron chi connectivity index (χ4n) is 2.59. The number of halogens is 1. The van der Waals surface area contributed by atoms with Crippen LogP contribution in [0.2, 0.25) is 0 Å². The van der Waals surface area contributed by atoms with Gasteiger partial charge in [-0.3, -0.25) is 4.99 Å². The Hall–Kier alpha value is -2.04. The van der Waals surface area contributed by atoms with Crippen molar-refractivity contribution in [1.29, 1.82) is 0 Å². The zero-order valence-corrected chi connectivity index (χ0v) is 21.1. The van der Waals surface area contributed by atoms with Gasteiger partial charge in [-0.1, -0.05) is 32.0 Å². The van der Waals surface area contributed by atoms with Crippen LogP contribution in [0.25, 0.3) is 0 Å². The lowest BCUT2D eigenvalue weighted by molar-refractivity contribution is 0.287. The summed E-state index contributed by atoms with van der Waals surface area (Å²) in [5, 5.41) is 10.5. The Balaban J connectivity index is 0.00000450. The van der Waals surface area contributed by atoms with E-state index in [1.54, 1.807) is 7.05 Å². The third-order valence-corrected chi connectivity index (χ3v) is 4.06. The van der Waals surface area contributed by atoms with Gasteiger partial charge in [-0.15, -0.1) is 24.0 Å². The molecule has 0 atom stereocenters. The maximum Gasteiger partial charge on any atom is 0.232 e. The summed E-state index contributed by atoms with van der Waals surface area (Å²) >= 11 is 0. The summed E-state index contributed by atoms with van der Waals surface area (Å²) in [4.78, 5) is 8.66. The molecule has 1 aromatic heterocycles. The van der Waals surface area contributed by atoms with Gasteiger partial charge in [0.05, 0.1) is 19.8 Å². The van der Waals surface area contributed by atoms with Crippen molar-refractivity contribution in [2.75, 3.05) is 26.8 Å². The van der Waals surface area contributed by atoms with E-state index in [0.717, 1.165) is 30.0 Å². The van der Waals surface area contributed by atoms with Crippen molar-refractivity contribution < 1.29 is 14.0 Å². The second kappa shape index (κ2) is 12.6. The van der Waals surface area contributed by atoms with Crippen LogP contribution in [0.4, 0.5) is 0 Å². The third-order valence-electron chi connectivity index (χ3n) is 4.06. The van der Waals surface area contributed by atoms with Crippen LogP contribution in [0.15, 0.2) is 27.7 Å². The molecule has 2 aromatic rings. The van der Waals surface area contributed by atoms with E-state index in [0.29, 0.717) is 37.4 Å². The molecule has 0 amide bonds. The molecule has 1 heterocycles. The van der Waals surface area contributed by atoms with E-state index in [-0.39, 0.29) is 29.4 Å². The molecule has 30 heavy (non-hydrogen) atoms. The summed E-state index contributed by atoms with van der Waals surface area (Å²) in [6.07, 6.45) is 0.823. The fourth-order valence-corrected chi connectivity index (χ4v) is 2.59. The minimum Gasteiger partial charge on any atom is -0.490 e. The molecule has 2 rings (SSSR count). The molecule has 0 saturated carbocycles. The topological polar surface area (TPSA) is 93.8 Å². The monoisotopic (exact) mass is 531 g/mol. The summed E-state index contributed by atoms with van der Waals surface area (Å²) in [7, 11) is 1.73. The molecular formula is C21H34IN5O3. The van der Waals surface area contributed by atoms with E-state index in [4.69, 9.17) is 14.0 Å². The zero-order chi connectivity index (χ0) is 21.3. The average Bonchev–Trinajstić information content (AvgIpc) is 3.16. The third kappa shape index (κ3) is 8.00. The Morgan fingerprint density at radius 3 is 2.40 bits per heavy atom. The van der Waals surface area contributed by atoms with Crippen molar-refractivity contribution in [2.45, 2.75) is 53.0 Å². The van der Waals surface area contributed by atoms with Crippen LogP contribution in [0, 0.1) is 0 Å². The first-order valence-electron chi connectivity index (χ1n) is 10.0. The van der Waals surface area contributed by atoms with Gasteiger partial charge in [0.2, 0.25) is 5.89 Å². The van der Waals surface area contributed by atoms with Crippen LogP contribution in [0.5, 0.6) is 11.5 Å². The van der Waals surface area contributed by atoms with Gasteiger partial charge >= 0.3 is 0 Å². The molecule has 8 nitrogen and oxygen atoms in total. The maximum absolute atomic E-state index is 5.69. The second-order valence-electron chi connectivity index (χ2n) is 7.52. The highest BCUT2D eigenvalue weighted by atomic mass is 127. The minimum absolute atomic E-state index is 0. The predicted octanol–water partition coefficient (Wildman–Crippen LogP) is 3.69. The number of aliphatic imine (C=N–C) groups is 1. The fraction of sp³-hybridized carbons (Fsp3) is 0.571. The van der Waals surface area contributed by atoms with Crippen LogP contribution < -0.4 is 20.1 Å². The Labute approximate surface area is 196 Å². The van der Waals surface area contributed by atoms with Crippen molar-refractivity contribution in [3.05, 3.63) is 35.5 Å². The molecule has 0 fully saturated rings. The Bertz CT molecular complexity index is 802. The van der Waals surface area contributed by atoms with Crippen LogP contribution >= 0.6 is 24.0 Å². The Morgan fingerprint density at radius 1 is 1.10 bits per heavy atom. The van der Waals surface area contributed by atoms with Crippen molar-refractivity contribution in [3.63, 3.8) is 0 Å². The summed E-state index contributed by atoms with van der Waals surface area (Å²) in [5.41, 5.74) is 0.997. The van der Waals surface area contributed by atoms with Crippen molar-refractivity contribution in [3.8, 4) is 11.5 Å². The molecule has 168 valence electrons. The van der Waals surface area contributed by atoms with E-state index in [2.05, 4.69) is 31.8 Å². The highest BCUT2D eigenvalue weighted by Gasteiger charge is 2.21. The summed E-state index contributed by atoms with van der Waals surface area (Å²) < 4.78 is 16.6. The average molecular weight is 531 g/mol. The lowest BCUT2D eigenvalue weighted by Gasteiger charge is -2.13. The molecule has 0 bridgehead atoms. The molecule has 0 aliphatic rings. The largest absolute Gasteiger partial charge is 0.490 e. The smallest absolute Gasteiger partial charge is 0.232 e. The van der Waals surface area contributed by atoms with Gasteiger partial charge in [0.15, 0.2) is 23.3 Å². The number of guanidine groups is 1.